The van der Waals surface area contributed by atoms with E-state index in [-0.39, 0.29) is 0 Å². The Morgan fingerprint density at radius 1 is 1.27 bits per heavy atom. The standard InChI is InChI=1S/C22H32N2OS/c1-5-25-16-22(9-8-21-12-17(2)14-26-21)10-11-24(15-22)13-20-7-6-18(3)23-19(20)4/h6-7,12,14H,5,8-11,13,15-16H2,1-4H3/t22-/m1/s1. The second kappa shape index (κ2) is 8.64. The molecule has 1 atom stereocenters. The molecule has 4 heteroatoms. The monoisotopic (exact) mass is 372 g/mol. The molecule has 0 bridgehead atoms. The smallest absolute Gasteiger partial charge is 0.0535 e. The number of ether oxygens (including phenoxy) is 1. The van der Waals surface area contributed by atoms with Crippen molar-refractivity contribution in [3.05, 3.63) is 51.0 Å². The number of aryl methyl sites for hydroxylation is 4. The molecule has 0 spiro atoms. The molecule has 2 aromatic heterocycles. The first-order valence-electron chi connectivity index (χ1n) is 9.77. The van der Waals surface area contributed by atoms with Crippen LogP contribution in [-0.2, 0) is 17.7 Å². The Labute approximate surface area is 162 Å². The Morgan fingerprint density at radius 3 is 2.81 bits per heavy atom. The van der Waals surface area contributed by atoms with Crippen molar-refractivity contribution in [3.63, 3.8) is 0 Å². The third-order valence-corrected chi connectivity index (χ3v) is 6.66. The van der Waals surface area contributed by atoms with E-state index < -0.39 is 0 Å². The molecule has 0 radical (unpaired) electrons. The van der Waals surface area contributed by atoms with Gasteiger partial charge in [-0.05, 0) is 82.1 Å². The first kappa shape index (κ1) is 19.5. The lowest BCUT2D eigenvalue weighted by Gasteiger charge is -2.29. The van der Waals surface area contributed by atoms with Crippen LogP contribution in [0, 0.1) is 26.2 Å². The van der Waals surface area contributed by atoms with Crippen molar-refractivity contribution in [2.24, 2.45) is 5.41 Å². The number of aromatic nitrogens is 1. The minimum atomic E-state index is 0.292. The second-order valence-electron chi connectivity index (χ2n) is 7.89. The third-order valence-electron chi connectivity index (χ3n) is 5.54. The molecule has 0 N–H and O–H groups in total. The lowest BCUT2D eigenvalue weighted by atomic mass is 9.83. The molecule has 1 aliphatic heterocycles. The van der Waals surface area contributed by atoms with Crippen LogP contribution in [0.15, 0.2) is 23.6 Å². The zero-order valence-electron chi connectivity index (χ0n) is 16.7. The Kier molecular flexibility index (Phi) is 6.49. The lowest BCUT2D eigenvalue weighted by molar-refractivity contribution is 0.0490. The average molecular weight is 373 g/mol. The van der Waals surface area contributed by atoms with E-state index in [9.17, 15) is 0 Å². The summed E-state index contributed by atoms with van der Waals surface area (Å²) in [6, 6.07) is 6.71. The molecular weight excluding hydrogens is 340 g/mol. The van der Waals surface area contributed by atoms with Crippen molar-refractivity contribution in [1.82, 2.24) is 9.88 Å². The van der Waals surface area contributed by atoms with Gasteiger partial charge in [-0.15, -0.1) is 11.3 Å². The fraction of sp³-hybridized carbons (Fsp3) is 0.591. The molecule has 0 amide bonds. The zero-order chi connectivity index (χ0) is 18.6. The molecule has 3 nitrogen and oxygen atoms in total. The van der Waals surface area contributed by atoms with Crippen molar-refractivity contribution in [3.8, 4) is 0 Å². The summed E-state index contributed by atoms with van der Waals surface area (Å²) in [7, 11) is 0. The molecule has 0 unspecified atom stereocenters. The van der Waals surface area contributed by atoms with Crippen LogP contribution < -0.4 is 0 Å². The van der Waals surface area contributed by atoms with Gasteiger partial charge in [0.15, 0.2) is 0 Å². The van der Waals surface area contributed by atoms with E-state index in [1.54, 1.807) is 0 Å². The molecule has 26 heavy (non-hydrogen) atoms. The number of pyridine rings is 1. The molecule has 1 fully saturated rings. The maximum Gasteiger partial charge on any atom is 0.0535 e. The van der Waals surface area contributed by atoms with Crippen molar-refractivity contribution >= 4 is 11.3 Å². The van der Waals surface area contributed by atoms with Gasteiger partial charge in [-0.2, -0.15) is 0 Å². The van der Waals surface area contributed by atoms with E-state index in [1.165, 1.54) is 41.0 Å². The number of nitrogens with zero attached hydrogens (tertiary/aromatic N) is 2. The quantitative estimate of drug-likeness (QED) is 0.657. The van der Waals surface area contributed by atoms with E-state index in [0.717, 1.165) is 38.5 Å². The van der Waals surface area contributed by atoms with Gasteiger partial charge in [0.1, 0.15) is 0 Å². The second-order valence-corrected chi connectivity index (χ2v) is 8.88. The van der Waals surface area contributed by atoms with Crippen LogP contribution in [0.25, 0.3) is 0 Å². The molecule has 142 valence electrons. The SMILES string of the molecule is CCOC[C@]1(CCc2cc(C)cs2)CCN(Cc2ccc(C)nc2C)C1. The topological polar surface area (TPSA) is 25.4 Å². The van der Waals surface area contributed by atoms with Gasteiger partial charge >= 0.3 is 0 Å². The largest absolute Gasteiger partial charge is 0.381 e. The number of rotatable bonds is 8. The van der Waals surface area contributed by atoms with Gasteiger partial charge < -0.3 is 4.74 Å². The molecule has 0 aromatic carbocycles. The maximum absolute atomic E-state index is 5.92. The Hall–Kier alpha value is -1.23. The highest BCUT2D eigenvalue weighted by Crippen LogP contribution is 2.37. The van der Waals surface area contributed by atoms with Crippen molar-refractivity contribution in [2.75, 3.05) is 26.3 Å². The van der Waals surface area contributed by atoms with Gasteiger partial charge in [-0.3, -0.25) is 9.88 Å². The summed E-state index contributed by atoms with van der Waals surface area (Å²) in [6.07, 6.45) is 3.62. The molecule has 3 heterocycles. The van der Waals surface area contributed by atoms with Crippen LogP contribution in [0.1, 0.15) is 47.2 Å². The molecule has 3 rings (SSSR count). The highest BCUT2D eigenvalue weighted by molar-refractivity contribution is 7.10. The van der Waals surface area contributed by atoms with Crippen LogP contribution >= 0.6 is 11.3 Å². The van der Waals surface area contributed by atoms with Gasteiger partial charge in [0.2, 0.25) is 0 Å². The van der Waals surface area contributed by atoms with E-state index in [1.807, 2.05) is 11.3 Å². The predicted molar refractivity (Wildman–Crippen MR) is 110 cm³/mol. The number of likely N-dealkylation sites (tertiary alicyclic amines) is 1. The summed E-state index contributed by atoms with van der Waals surface area (Å²) in [6.45, 7) is 13.5. The fourth-order valence-corrected chi connectivity index (χ4v) is 4.89. The molecule has 0 aliphatic carbocycles. The maximum atomic E-state index is 5.92. The summed E-state index contributed by atoms with van der Waals surface area (Å²) < 4.78 is 5.92. The first-order chi connectivity index (χ1) is 12.5. The Morgan fingerprint density at radius 2 is 2.12 bits per heavy atom. The summed E-state index contributed by atoms with van der Waals surface area (Å²) in [5, 5.41) is 2.26. The first-order valence-corrected chi connectivity index (χ1v) is 10.6. The van der Waals surface area contributed by atoms with Crippen LogP contribution in [0.4, 0.5) is 0 Å². The van der Waals surface area contributed by atoms with E-state index in [0.29, 0.717) is 5.41 Å². The molecule has 0 saturated carbocycles. The number of thiophene rings is 1. The van der Waals surface area contributed by atoms with Gasteiger partial charge in [-0.1, -0.05) is 6.07 Å². The molecule has 1 aliphatic rings. The van der Waals surface area contributed by atoms with Crippen LogP contribution in [0.2, 0.25) is 0 Å². The summed E-state index contributed by atoms with van der Waals surface area (Å²) in [4.78, 5) is 8.73. The number of hydrogen-bond donors (Lipinski definition) is 0. The van der Waals surface area contributed by atoms with Crippen molar-refractivity contribution in [2.45, 2.75) is 53.5 Å². The summed E-state index contributed by atoms with van der Waals surface area (Å²) >= 11 is 1.90. The summed E-state index contributed by atoms with van der Waals surface area (Å²) in [5.74, 6) is 0. The predicted octanol–water partition coefficient (Wildman–Crippen LogP) is 4.93. The van der Waals surface area contributed by atoms with Gasteiger partial charge in [-0.25, -0.2) is 0 Å². The highest BCUT2D eigenvalue weighted by atomic mass is 32.1. The fourth-order valence-electron chi connectivity index (χ4n) is 4.01. The Balaban J connectivity index is 1.64. The third kappa shape index (κ3) is 4.93. The molecular formula is C22H32N2OS. The van der Waals surface area contributed by atoms with Crippen LogP contribution in [0.5, 0.6) is 0 Å². The van der Waals surface area contributed by atoms with Crippen LogP contribution in [-0.4, -0.2) is 36.2 Å². The minimum absolute atomic E-state index is 0.292. The molecule has 2 aromatic rings. The van der Waals surface area contributed by atoms with Crippen molar-refractivity contribution in [1.29, 1.82) is 0 Å². The normalized spacial score (nSPS) is 20.8. The average Bonchev–Trinajstić information content (AvgIpc) is 3.21. The van der Waals surface area contributed by atoms with E-state index in [2.05, 4.69) is 61.2 Å². The summed E-state index contributed by atoms with van der Waals surface area (Å²) in [5.41, 5.74) is 5.31. The highest BCUT2D eigenvalue weighted by Gasteiger charge is 2.38. The zero-order valence-corrected chi connectivity index (χ0v) is 17.5. The van der Waals surface area contributed by atoms with Gasteiger partial charge in [0.25, 0.3) is 0 Å². The van der Waals surface area contributed by atoms with E-state index >= 15 is 0 Å². The van der Waals surface area contributed by atoms with E-state index in [4.69, 9.17) is 4.74 Å². The van der Waals surface area contributed by atoms with Crippen LogP contribution in [0.3, 0.4) is 0 Å². The molecule has 1 saturated heterocycles. The number of hydrogen-bond acceptors (Lipinski definition) is 4. The van der Waals surface area contributed by atoms with Gasteiger partial charge in [0.05, 0.1) is 6.61 Å². The van der Waals surface area contributed by atoms with Crippen molar-refractivity contribution < 1.29 is 4.74 Å². The lowest BCUT2D eigenvalue weighted by Crippen LogP contribution is -2.32. The Bertz CT molecular complexity index is 727. The minimum Gasteiger partial charge on any atom is -0.381 e. The van der Waals surface area contributed by atoms with Gasteiger partial charge in [0, 0.05) is 41.4 Å².